The van der Waals surface area contributed by atoms with E-state index in [0.29, 0.717) is 12.8 Å². The van der Waals surface area contributed by atoms with Crippen molar-refractivity contribution in [3.05, 3.63) is 72.9 Å². The molecule has 2 fully saturated rings. The van der Waals surface area contributed by atoms with Crippen LogP contribution in [0.2, 0.25) is 0 Å². The van der Waals surface area contributed by atoms with E-state index in [4.69, 9.17) is 28.4 Å². The second-order valence-corrected chi connectivity index (χ2v) is 17.0. The molecule has 0 radical (unpaired) electrons. The lowest BCUT2D eigenvalue weighted by molar-refractivity contribution is -0.332. The van der Waals surface area contributed by atoms with Crippen LogP contribution in [0.1, 0.15) is 142 Å². The van der Waals surface area contributed by atoms with E-state index in [1.807, 2.05) is 36.5 Å². The molecule has 0 aliphatic carbocycles. The molecule has 0 aromatic heterocycles. The average molecular weight is 937 g/mol. The standard InChI is InChI=1S/C51H84O15/c1-3-5-7-9-11-13-15-17-19-21-23-25-27-29-31-33-42(53)61-36-39(64-43(54)34-32-30-28-26-24-22-20-18-16-14-12-10-8-6-4-2)37-62-50-49(60)47(58)45(56)41(66-50)38-63-51-48(59)46(57)44(55)40(35-52)65-51/h5,7,9,11,13,15,17-20,24,26,39-41,44-52,55-60H,3-4,6,8,10,12,14,16,21-23,25,27-38H2,1-2H3/b7-5+,11-9+,15-13+,19-17+,20-18+,26-24+/t39-,40-,41-,44+,45+,46?,47?,48?,49?,50-,51-/m1/s1. The number of carbonyl (C=O) groups is 2. The number of aliphatic hydroxyl groups excluding tert-OH is 7. The van der Waals surface area contributed by atoms with Gasteiger partial charge in [0.05, 0.1) is 19.8 Å². The van der Waals surface area contributed by atoms with Crippen molar-refractivity contribution in [1.29, 1.82) is 0 Å². The number of aliphatic hydroxyl groups is 7. The van der Waals surface area contributed by atoms with E-state index < -0.39 is 99.3 Å². The van der Waals surface area contributed by atoms with Gasteiger partial charge >= 0.3 is 11.9 Å². The molecule has 11 atom stereocenters. The third-order valence-electron chi connectivity index (χ3n) is 11.3. The second kappa shape index (κ2) is 37.9. The van der Waals surface area contributed by atoms with Gasteiger partial charge in [0.25, 0.3) is 0 Å². The Bertz CT molecular complexity index is 1430. The quantitative estimate of drug-likeness (QED) is 0.0159. The summed E-state index contributed by atoms with van der Waals surface area (Å²) in [5.74, 6) is -0.998. The number of hydrogen-bond donors (Lipinski definition) is 7. The predicted molar refractivity (Wildman–Crippen MR) is 252 cm³/mol. The van der Waals surface area contributed by atoms with E-state index in [9.17, 15) is 45.3 Å². The number of hydrogen-bond acceptors (Lipinski definition) is 15. The van der Waals surface area contributed by atoms with Crippen molar-refractivity contribution < 1.29 is 73.8 Å². The summed E-state index contributed by atoms with van der Waals surface area (Å²) in [6.07, 6.45) is 26.5. The Morgan fingerprint density at radius 3 is 1.65 bits per heavy atom. The molecular weight excluding hydrogens is 853 g/mol. The molecule has 0 aromatic carbocycles. The first kappa shape index (κ1) is 59.1. The summed E-state index contributed by atoms with van der Waals surface area (Å²) in [5.41, 5.74) is 0. The second-order valence-electron chi connectivity index (χ2n) is 17.0. The van der Waals surface area contributed by atoms with Gasteiger partial charge in [-0.2, -0.15) is 0 Å². The normalized spacial score (nSPS) is 26.8. The lowest BCUT2D eigenvalue weighted by Crippen LogP contribution is -2.61. The zero-order chi connectivity index (χ0) is 48.2. The summed E-state index contributed by atoms with van der Waals surface area (Å²) < 4.78 is 33.5. The van der Waals surface area contributed by atoms with Gasteiger partial charge < -0.3 is 64.2 Å². The van der Waals surface area contributed by atoms with Gasteiger partial charge in [0, 0.05) is 12.8 Å². The highest BCUT2D eigenvalue weighted by Crippen LogP contribution is 2.26. The average Bonchev–Trinajstić information content (AvgIpc) is 3.31. The van der Waals surface area contributed by atoms with Crippen molar-refractivity contribution in [2.45, 2.75) is 210 Å². The maximum absolute atomic E-state index is 13.0. The van der Waals surface area contributed by atoms with Crippen LogP contribution in [0.5, 0.6) is 0 Å². The van der Waals surface area contributed by atoms with Crippen molar-refractivity contribution in [2.75, 3.05) is 26.4 Å². The molecule has 4 unspecified atom stereocenters. The van der Waals surface area contributed by atoms with Gasteiger partial charge in [0.2, 0.25) is 0 Å². The van der Waals surface area contributed by atoms with Gasteiger partial charge in [0.15, 0.2) is 18.7 Å². The van der Waals surface area contributed by atoms with E-state index >= 15 is 0 Å². The summed E-state index contributed by atoms with van der Waals surface area (Å²) in [6.45, 7) is 2.36. The van der Waals surface area contributed by atoms with Crippen molar-refractivity contribution in [2.24, 2.45) is 0 Å². The van der Waals surface area contributed by atoms with Gasteiger partial charge in [-0.25, -0.2) is 0 Å². The molecule has 2 heterocycles. The van der Waals surface area contributed by atoms with Crippen LogP contribution in [0.4, 0.5) is 0 Å². The van der Waals surface area contributed by atoms with Crippen molar-refractivity contribution in [3.8, 4) is 0 Å². The molecule has 0 spiro atoms. The predicted octanol–water partition coefficient (Wildman–Crippen LogP) is 6.26. The molecule has 0 aromatic rings. The fourth-order valence-electron chi connectivity index (χ4n) is 7.20. The van der Waals surface area contributed by atoms with Gasteiger partial charge in [-0.05, 0) is 64.2 Å². The van der Waals surface area contributed by atoms with Crippen LogP contribution in [-0.4, -0.2) is 142 Å². The van der Waals surface area contributed by atoms with Gasteiger partial charge in [0.1, 0.15) is 55.4 Å². The van der Waals surface area contributed by atoms with Crippen LogP contribution in [0.15, 0.2) is 72.9 Å². The molecule has 2 aliphatic rings. The first-order chi connectivity index (χ1) is 32.0. The number of carbonyl (C=O) groups excluding carboxylic acids is 2. The highest BCUT2D eigenvalue weighted by molar-refractivity contribution is 5.70. The Morgan fingerprint density at radius 1 is 0.515 bits per heavy atom. The first-order valence-electron chi connectivity index (χ1n) is 24.6. The minimum absolute atomic E-state index is 0.113. The molecule has 0 bridgehead atoms. The fourth-order valence-corrected chi connectivity index (χ4v) is 7.20. The maximum Gasteiger partial charge on any atom is 0.306 e. The Kier molecular flexibility index (Phi) is 33.9. The smallest absolute Gasteiger partial charge is 0.306 e. The topological polar surface area (TPSA) is 231 Å². The van der Waals surface area contributed by atoms with E-state index in [1.54, 1.807) is 0 Å². The van der Waals surface area contributed by atoms with E-state index in [1.165, 1.54) is 38.5 Å². The highest BCUT2D eigenvalue weighted by Gasteiger charge is 2.47. The van der Waals surface area contributed by atoms with Gasteiger partial charge in [-0.3, -0.25) is 9.59 Å². The minimum atomic E-state index is -1.78. The summed E-state index contributed by atoms with van der Waals surface area (Å²) in [5, 5.41) is 72.0. The Hall–Kier alpha value is -3.06. The molecule has 66 heavy (non-hydrogen) atoms. The molecule has 0 amide bonds. The summed E-state index contributed by atoms with van der Waals surface area (Å²) >= 11 is 0. The zero-order valence-corrected chi connectivity index (χ0v) is 39.6. The lowest BCUT2D eigenvalue weighted by Gasteiger charge is -2.42. The molecule has 7 N–H and O–H groups in total. The van der Waals surface area contributed by atoms with Crippen LogP contribution in [-0.2, 0) is 38.0 Å². The third-order valence-corrected chi connectivity index (χ3v) is 11.3. The number of esters is 2. The minimum Gasteiger partial charge on any atom is -0.462 e. The zero-order valence-electron chi connectivity index (χ0n) is 39.6. The number of rotatable bonds is 36. The molecular formula is C51H84O15. The van der Waals surface area contributed by atoms with Crippen molar-refractivity contribution >= 4 is 11.9 Å². The molecule has 0 saturated carbocycles. The summed E-state index contributed by atoms with van der Waals surface area (Å²) in [7, 11) is 0. The Balaban J connectivity index is 1.86. The molecule has 15 nitrogen and oxygen atoms in total. The molecule has 15 heteroatoms. The van der Waals surface area contributed by atoms with Crippen LogP contribution in [0.3, 0.4) is 0 Å². The molecule has 2 aliphatic heterocycles. The van der Waals surface area contributed by atoms with Gasteiger partial charge in [-0.15, -0.1) is 0 Å². The molecule has 2 rings (SSSR count). The monoisotopic (exact) mass is 937 g/mol. The fraction of sp³-hybridized carbons (Fsp3) is 0.725. The van der Waals surface area contributed by atoms with Crippen LogP contribution in [0.25, 0.3) is 0 Å². The van der Waals surface area contributed by atoms with Crippen molar-refractivity contribution in [3.63, 3.8) is 0 Å². The van der Waals surface area contributed by atoms with E-state index in [2.05, 4.69) is 50.3 Å². The van der Waals surface area contributed by atoms with Crippen LogP contribution < -0.4 is 0 Å². The maximum atomic E-state index is 13.0. The SMILES string of the molecule is CC/C=C/C=C/C=C/C=C/CCCCCCCC(=O)OC[C@H](CO[C@@H]1O[C@H](CO[C@@H]2O[C@H](CO)[C@H](O)C(O)C2O)[C@H](O)C(O)C1O)OC(=O)CCCC/C=C/C/C=C/CCCCCCCC. The Labute approximate surface area is 393 Å². The van der Waals surface area contributed by atoms with Crippen molar-refractivity contribution in [1.82, 2.24) is 0 Å². The molecule has 2 saturated heterocycles. The van der Waals surface area contributed by atoms with Crippen LogP contribution in [0, 0.1) is 0 Å². The van der Waals surface area contributed by atoms with E-state index in [-0.39, 0.29) is 19.4 Å². The van der Waals surface area contributed by atoms with E-state index in [0.717, 1.165) is 64.2 Å². The first-order valence-corrected chi connectivity index (χ1v) is 24.6. The largest absolute Gasteiger partial charge is 0.462 e. The van der Waals surface area contributed by atoms with Crippen LogP contribution >= 0.6 is 0 Å². The third kappa shape index (κ3) is 25.9. The highest BCUT2D eigenvalue weighted by atomic mass is 16.7. The lowest BCUT2D eigenvalue weighted by atomic mass is 9.98. The number of unbranched alkanes of at least 4 members (excludes halogenated alkanes) is 13. The Morgan fingerprint density at radius 2 is 1.02 bits per heavy atom. The van der Waals surface area contributed by atoms with Gasteiger partial charge in [-0.1, -0.05) is 138 Å². The summed E-state index contributed by atoms with van der Waals surface area (Å²) in [4.78, 5) is 25.7. The number of ether oxygens (including phenoxy) is 6. The summed E-state index contributed by atoms with van der Waals surface area (Å²) in [6, 6.07) is 0. The number of allylic oxidation sites excluding steroid dienone is 12. The molecule has 378 valence electrons.